The molecule has 0 aromatic carbocycles. The Balaban J connectivity index is 1.80. The van der Waals surface area contributed by atoms with Crippen molar-refractivity contribution >= 4 is 21.8 Å². The summed E-state index contributed by atoms with van der Waals surface area (Å²) in [4.78, 5) is 12.4. The molecule has 3 atom stereocenters. The molecule has 0 aromatic rings. The summed E-state index contributed by atoms with van der Waals surface area (Å²) in [6, 6.07) is 0.298. The van der Waals surface area contributed by atoms with E-state index in [1.54, 1.807) is 0 Å². The van der Waals surface area contributed by atoms with E-state index in [1.807, 2.05) is 0 Å². The molecule has 1 heterocycles. The molecular formula is C12H20BrNO2. The third-order valence-electron chi connectivity index (χ3n) is 3.48. The minimum absolute atomic E-state index is 0.0936. The van der Waals surface area contributed by atoms with Crippen molar-refractivity contribution in [3.8, 4) is 0 Å². The van der Waals surface area contributed by atoms with Gasteiger partial charge in [-0.2, -0.15) is 0 Å². The predicted octanol–water partition coefficient (Wildman–Crippen LogP) is 2.38. The monoisotopic (exact) mass is 289 g/mol. The quantitative estimate of drug-likeness (QED) is 0.793. The lowest BCUT2D eigenvalue weighted by Crippen LogP contribution is -2.48. The summed E-state index contributed by atoms with van der Waals surface area (Å²) >= 11 is 3.65. The van der Waals surface area contributed by atoms with E-state index in [1.165, 1.54) is 12.8 Å². The van der Waals surface area contributed by atoms with Crippen molar-refractivity contribution in [3.05, 3.63) is 0 Å². The van der Waals surface area contributed by atoms with Crippen LogP contribution < -0.4 is 5.32 Å². The summed E-state index contributed by atoms with van der Waals surface area (Å²) in [5, 5.41) is 3.13. The molecule has 0 aromatic heterocycles. The average molecular weight is 290 g/mol. The average Bonchev–Trinajstić information content (AvgIpc) is 2.33. The van der Waals surface area contributed by atoms with Gasteiger partial charge in [0.1, 0.15) is 6.10 Å². The van der Waals surface area contributed by atoms with Crippen LogP contribution in [-0.2, 0) is 9.53 Å². The standard InChI is InChI=1S/C12H20BrNO2/c13-9-5-1-2-6-10(9)14-12(15)11-7-3-4-8-16-11/h9-11H,1-8H2,(H,14,15). The molecular weight excluding hydrogens is 270 g/mol. The van der Waals surface area contributed by atoms with E-state index in [2.05, 4.69) is 21.2 Å². The van der Waals surface area contributed by atoms with Crippen LogP contribution in [0.5, 0.6) is 0 Å². The van der Waals surface area contributed by atoms with Gasteiger partial charge in [-0.1, -0.05) is 28.8 Å². The fraction of sp³-hybridized carbons (Fsp3) is 0.917. The molecule has 0 bridgehead atoms. The van der Waals surface area contributed by atoms with Crippen LogP contribution in [0.3, 0.4) is 0 Å². The van der Waals surface area contributed by atoms with Gasteiger partial charge in [0.05, 0.1) is 0 Å². The van der Waals surface area contributed by atoms with E-state index in [0.29, 0.717) is 10.9 Å². The molecule has 2 fully saturated rings. The summed E-state index contributed by atoms with van der Waals surface area (Å²) in [6.45, 7) is 0.737. The number of hydrogen-bond donors (Lipinski definition) is 1. The number of hydrogen-bond acceptors (Lipinski definition) is 2. The van der Waals surface area contributed by atoms with Gasteiger partial charge in [0.15, 0.2) is 0 Å². The van der Waals surface area contributed by atoms with Crippen LogP contribution in [0, 0.1) is 0 Å². The second-order valence-corrected chi connectivity index (χ2v) is 5.95. The summed E-state index contributed by atoms with van der Waals surface area (Å²) in [5.74, 6) is 0.0936. The molecule has 2 aliphatic rings. The highest BCUT2D eigenvalue weighted by Gasteiger charge is 2.28. The predicted molar refractivity (Wildman–Crippen MR) is 66.7 cm³/mol. The van der Waals surface area contributed by atoms with Gasteiger partial charge in [-0.25, -0.2) is 0 Å². The molecule has 16 heavy (non-hydrogen) atoms. The molecule has 2 rings (SSSR count). The van der Waals surface area contributed by atoms with E-state index >= 15 is 0 Å². The fourth-order valence-electron chi connectivity index (χ4n) is 2.47. The van der Waals surface area contributed by atoms with Crippen LogP contribution in [-0.4, -0.2) is 29.5 Å². The first-order chi connectivity index (χ1) is 7.77. The molecule has 1 saturated carbocycles. The SMILES string of the molecule is O=C(NC1CCCCC1Br)C1CCCCO1. The summed E-state index contributed by atoms with van der Waals surface area (Å²) in [7, 11) is 0. The van der Waals surface area contributed by atoms with Crippen molar-refractivity contribution in [1.29, 1.82) is 0 Å². The fourth-order valence-corrected chi connectivity index (χ4v) is 3.19. The lowest BCUT2D eigenvalue weighted by molar-refractivity contribution is -0.136. The van der Waals surface area contributed by atoms with Crippen molar-refractivity contribution in [2.45, 2.75) is 61.9 Å². The second-order valence-electron chi connectivity index (χ2n) is 4.77. The van der Waals surface area contributed by atoms with Crippen molar-refractivity contribution in [3.63, 3.8) is 0 Å². The molecule has 1 amide bonds. The first-order valence-corrected chi connectivity index (χ1v) is 7.25. The Bertz CT molecular complexity index is 241. The number of rotatable bonds is 2. The maximum Gasteiger partial charge on any atom is 0.249 e. The Morgan fingerprint density at radius 1 is 1.12 bits per heavy atom. The Morgan fingerprint density at radius 3 is 2.56 bits per heavy atom. The van der Waals surface area contributed by atoms with Gasteiger partial charge in [0.25, 0.3) is 0 Å². The maximum absolute atomic E-state index is 12.0. The lowest BCUT2D eigenvalue weighted by atomic mass is 9.95. The van der Waals surface area contributed by atoms with Gasteiger partial charge < -0.3 is 10.1 Å². The third kappa shape index (κ3) is 3.20. The Hall–Kier alpha value is -0.0900. The molecule has 1 N–H and O–H groups in total. The second kappa shape index (κ2) is 6.01. The normalized spacial score (nSPS) is 35.7. The van der Waals surface area contributed by atoms with Gasteiger partial charge in [-0.05, 0) is 32.1 Å². The van der Waals surface area contributed by atoms with Gasteiger partial charge >= 0.3 is 0 Å². The topological polar surface area (TPSA) is 38.3 Å². The molecule has 92 valence electrons. The summed E-state index contributed by atoms with van der Waals surface area (Å²) < 4.78 is 5.49. The van der Waals surface area contributed by atoms with E-state index in [0.717, 1.165) is 38.7 Å². The van der Waals surface area contributed by atoms with Crippen molar-refractivity contribution in [2.24, 2.45) is 0 Å². The van der Waals surface area contributed by atoms with E-state index in [-0.39, 0.29) is 12.0 Å². The molecule has 1 aliphatic carbocycles. The Morgan fingerprint density at radius 2 is 1.88 bits per heavy atom. The number of carbonyl (C=O) groups excluding carboxylic acids is 1. The zero-order chi connectivity index (χ0) is 11.4. The molecule has 0 radical (unpaired) electrons. The number of ether oxygens (including phenoxy) is 1. The van der Waals surface area contributed by atoms with Crippen LogP contribution in [0.1, 0.15) is 44.9 Å². The Kier molecular flexibility index (Phi) is 4.65. The summed E-state index contributed by atoms with van der Waals surface area (Å²) in [6.07, 6.45) is 7.63. The highest BCUT2D eigenvalue weighted by Crippen LogP contribution is 2.25. The van der Waals surface area contributed by atoms with Gasteiger partial charge in [0, 0.05) is 17.5 Å². The van der Waals surface area contributed by atoms with Gasteiger partial charge in [-0.3, -0.25) is 4.79 Å². The Labute approximate surface area is 105 Å². The van der Waals surface area contributed by atoms with E-state index < -0.39 is 0 Å². The first-order valence-electron chi connectivity index (χ1n) is 6.33. The minimum Gasteiger partial charge on any atom is -0.368 e. The smallest absolute Gasteiger partial charge is 0.249 e. The van der Waals surface area contributed by atoms with Crippen LogP contribution in [0.25, 0.3) is 0 Å². The zero-order valence-corrected chi connectivity index (χ0v) is 11.2. The molecule has 1 aliphatic heterocycles. The molecule has 3 nitrogen and oxygen atoms in total. The zero-order valence-electron chi connectivity index (χ0n) is 9.58. The van der Waals surface area contributed by atoms with Crippen LogP contribution >= 0.6 is 15.9 Å². The minimum atomic E-state index is -0.199. The molecule has 4 heteroatoms. The maximum atomic E-state index is 12.0. The highest BCUT2D eigenvalue weighted by molar-refractivity contribution is 9.09. The van der Waals surface area contributed by atoms with E-state index in [4.69, 9.17) is 4.74 Å². The largest absolute Gasteiger partial charge is 0.368 e. The van der Waals surface area contributed by atoms with Crippen molar-refractivity contribution < 1.29 is 9.53 Å². The van der Waals surface area contributed by atoms with E-state index in [9.17, 15) is 4.79 Å². The molecule has 3 unspecified atom stereocenters. The number of halogens is 1. The van der Waals surface area contributed by atoms with Crippen LogP contribution in [0.2, 0.25) is 0 Å². The van der Waals surface area contributed by atoms with Crippen LogP contribution in [0.15, 0.2) is 0 Å². The van der Waals surface area contributed by atoms with Crippen molar-refractivity contribution in [1.82, 2.24) is 5.32 Å². The molecule has 1 saturated heterocycles. The number of amides is 1. The van der Waals surface area contributed by atoms with Crippen LogP contribution in [0.4, 0.5) is 0 Å². The van der Waals surface area contributed by atoms with Gasteiger partial charge in [0.2, 0.25) is 5.91 Å². The number of alkyl halides is 1. The third-order valence-corrected chi connectivity index (χ3v) is 4.58. The highest BCUT2D eigenvalue weighted by atomic mass is 79.9. The first kappa shape index (κ1) is 12.4. The lowest BCUT2D eigenvalue weighted by Gasteiger charge is -2.30. The van der Waals surface area contributed by atoms with Crippen molar-refractivity contribution in [2.75, 3.05) is 6.61 Å². The number of carbonyl (C=O) groups is 1. The summed E-state index contributed by atoms with van der Waals surface area (Å²) in [5.41, 5.74) is 0. The number of nitrogens with one attached hydrogen (secondary N) is 1. The molecule has 0 spiro atoms. The van der Waals surface area contributed by atoms with Gasteiger partial charge in [-0.15, -0.1) is 0 Å².